The summed E-state index contributed by atoms with van der Waals surface area (Å²) in [6.45, 7) is 5.65. The molecule has 1 aromatic carbocycles. The highest BCUT2D eigenvalue weighted by Gasteiger charge is 2.24. The lowest BCUT2D eigenvalue weighted by molar-refractivity contribution is 0.378. The Bertz CT molecular complexity index is 378. The average molecular weight is 239 g/mol. The van der Waals surface area contributed by atoms with Crippen LogP contribution in [0.25, 0.3) is 0 Å². The number of nitrogen functional groups attached to an aromatic ring is 1. The fourth-order valence-corrected chi connectivity index (χ4v) is 2.71. The zero-order chi connectivity index (χ0) is 11.7. The summed E-state index contributed by atoms with van der Waals surface area (Å²) in [6.07, 6.45) is 2.46. The third-order valence-electron chi connectivity index (χ3n) is 3.48. The van der Waals surface area contributed by atoms with Crippen molar-refractivity contribution in [3.8, 4) is 0 Å². The van der Waals surface area contributed by atoms with Crippen molar-refractivity contribution in [3.05, 3.63) is 23.2 Å². The van der Waals surface area contributed by atoms with Crippen LogP contribution in [0.1, 0.15) is 26.7 Å². The minimum atomic E-state index is 0.546. The normalized spacial score (nSPS) is 25.8. The number of halogens is 1. The van der Waals surface area contributed by atoms with E-state index in [9.17, 15) is 0 Å². The molecule has 0 saturated carbocycles. The first kappa shape index (κ1) is 11.6. The average Bonchev–Trinajstić information content (AvgIpc) is 2.23. The maximum Gasteiger partial charge on any atom is 0.0741 e. The topological polar surface area (TPSA) is 29.3 Å². The van der Waals surface area contributed by atoms with Crippen LogP contribution in [-0.4, -0.2) is 12.6 Å². The predicted octanol–water partition coefficient (Wildman–Crippen LogP) is 3.55. The summed E-state index contributed by atoms with van der Waals surface area (Å²) in [5.74, 6) is 0.812. The number of piperidine rings is 1. The van der Waals surface area contributed by atoms with Gasteiger partial charge in [0.2, 0.25) is 0 Å². The zero-order valence-corrected chi connectivity index (χ0v) is 10.7. The number of benzene rings is 1. The van der Waals surface area contributed by atoms with Crippen molar-refractivity contribution in [2.24, 2.45) is 5.92 Å². The monoisotopic (exact) mass is 238 g/mol. The molecule has 2 nitrogen and oxygen atoms in total. The molecular formula is C13H19ClN2. The molecule has 0 spiro atoms. The summed E-state index contributed by atoms with van der Waals surface area (Å²) in [6, 6.07) is 6.42. The number of para-hydroxylation sites is 1. The molecule has 2 unspecified atom stereocenters. The Morgan fingerprint density at radius 2 is 2.12 bits per heavy atom. The molecule has 2 atom stereocenters. The summed E-state index contributed by atoms with van der Waals surface area (Å²) < 4.78 is 0. The maximum atomic E-state index is 6.06. The third kappa shape index (κ3) is 2.12. The lowest BCUT2D eigenvalue weighted by atomic mass is 9.93. The Morgan fingerprint density at radius 1 is 1.38 bits per heavy atom. The second kappa shape index (κ2) is 4.54. The van der Waals surface area contributed by atoms with Gasteiger partial charge in [0.25, 0.3) is 0 Å². The number of hydrogen-bond donors (Lipinski definition) is 1. The van der Waals surface area contributed by atoms with E-state index in [1.807, 2.05) is 12.1 Å². The number of nitrogens with two attached hydrogens (primary N) is 1. The largest absolute Gasteiger partial charge is 0.396 e. The van der Waals surface area contributed by atoms with E-state index in [2.05, 4.69) is 24.8 Å². The number of hydrogen-bond acceptors (Lipinski definition) is 2. The Morgan fingerprint density at radius 3 is 2.81 bits per heavy atom. The molecule has 1 fully saturated rings. The molecule has 1 saturated heterocycles. The highest BCUT2D eigenvalue weighted by Crippen LogP contribution is 2.34. The summed E-state index contributed by atoms with van der Waals surface area (Å²) >= 11 is 6.06. The van der Waals surface area contributed by atoms with E-state index in [4.69, 9.17) is 17.3 Å². The van der Waals surface area contributed by atoms with Gasteiger partial charge < -0.3 is 10.6 Å². The summed E-state index contributed by atoms with van der Waals surface area (Å²) in [5, 5.41) is 0.656. The van der Waals surface area contributed by atoms with Crippen LogP contribution in [0.5, 0.6) is 0 Å². The molecule has 88 valence electrons. The molecule has 0 aliphatic carbocycles. The van der Waals surface area contributed by atoms with Gasteiger partial charge in [0.15, 0.2) is 0 Å². The van der Waals surface area contributed by atoms with Crippen molar-refractivity contribution in [2.45, 2.75) is 32.7 Å². The van der Waals surface area contributed by atoms with Gasteiger partial charge in [-0.2, -0.15) is 0 Å². The Kier molecular flexibility index (Phi) is 3.29. The van der Waals surface area contributed by atoms with Gasteiger partial charge in [-0.1, -0.05) is 24.6 Å². The lowest BCUT2D eigenvalue weighted by Crippen LogP contribution is -2.40. The minimum Gasteiger partial charge on any atom is -0.396 e. The van der Waals surface area contributed by atoms with Gasteiger partial charge in [0, 0.05) is 12.6 Å². The third-order valence-corrected chi connectivity index (χ3v) is 3.81. The van der Waals surface area contributed by atoms with E-state index in [0.29, 0.717) is 16.8 Å². The van der Waals surface area contributed by atoms with E-state index in [1.54, 1.807) is 0 Å². The number of nitrogens with zero attached hydrogens (tertiary/aromatic N) is 1. The first-order valence-electron chi connectivity index (χ1n) is 5.90. The van der Waals surface area contributed by atoms with Gasteiger partial charge >= 0.3 is 0 Å². The Balaban J connectivity index is 2.27. The molecule has 2 N–H and O–H groups in total. The van der Waals surface area contributed by atoms with Crippen molar-refractivity contribution >= 4 is 23.0 Å². The van der Waals surface area contributed by atoms with Gasteiger partial charge in [0.1, 0.15) is 0 Å². The fraction of sp³-hybridized carbons (Fsp3) is 0.538. The highest BCUT2D eigenvalue weighted by atomic mass is 35.5. The van der Waals surface area contributed by atoms with Crippen molar-refractivity contribution in [1.82, 2.24) is 0 Å². The van der Waals surface area contributed by atoms with Crippen molar-refractivity contribution < 1.29 is 0 Å². The van der Waals surface area contributed by atoms with Crippen molar-refractivity contribution in [3.63, 3.8) is 0 Å². The molecule has 0 amide bonds. The van der Waals surface area contributed by atoms with E-state index >= 15 is 0 Å². The van der Waals surface area contributed by atoms with Crippen LogP contribution in [0.3, 0.4) is 0 Å². The van der Waals surface area contributed by atoms with E-state index in [0.717, 1.165) is 18.2 Å². The van der Waals surface area contributed by atoms with Crippen LogP contribution in [0, 0.1) is 5.92 Å². The van der Waals surface area contributed by atoms with Crippen LogP contribution in [0.4, 0.5) is 11.4 Å². The Hall–Kier alpha value is -0.890. The smallest absolute Gasteiger partial charge is 0.0741 e. The number of anilines is 2. The molecule has 1 heterocycles. The van der Waals surface area contributed by atoms with E-state index in [-0.39, 0.29) is 0 Å². The molecule has 1 aliphatic rings. The SMILES string of the molecule is CC1CCN(c2cccc(Cl)c2N)C(C)C1. The summed E-state index contributed by atoms with van der Waals surface area (Å²) in [5.41, 5.74) is 7.84. The Labute approximate surface area is 102 Å². The van der Waals surface area contributed by atoms with Gasteiger partial charge in [-0.3, -0.25) is 0 Å². The highest BCUT2D eigenvalue weighted by molar-refractivity contribution is 6.33. The molecular weight excluding hydrogens is 220 g/mol. The van der Waals surface area contributed by atoms with Gasteiger partial charge in [-0.05, 0) is 37.8 Å². The van der Waals surface area contributed by atoms with Crippen LogP contribution in [-0.2, 0) is 0 Å². The van der Waals surface area contributed by atoms with Crippen LogP contribution >= 0.6 is 11.6 Å². The molecule has 2 rings (SSSR count). The second-order valence-electron chi connectivity index (χ2n) is 4.84. The van der Waals surface area contributed by atoms with Crippen molar-refractivity contribution in [2.75, 3.05) is 17.2 Å². The van der Waals surface area contributed by atoms with Gasteiger partial charge in [-0.15, -0.1) is 0 Å². The van der Waals surface area contributed by atoms with Crippen molar-refractivity contribution in [1.29, 1.82) is 0 Å². The molecule has 16 heavy (non-hydrogen) atoms. The maximum absolute atomic E-state index is 6.06. The predicted molar refractivity (Wildman–Crippen MR) is 71.1 cm³/mol. The van der Waals surface area contributed by atoms with Crippen LogP contribution in [0.15, 0.2) is 18.2 Å². The summed E-state index contributed by atoms with van der Waals surface area (Å²) in [7, 11) is 0. The molecule has 0 bridgehead atoms. The standard InChI is InChI=1S/C13H19ClN2/c1-9-6-7-16(10(2)8-9)12-5-3-4-11(14)13(12)15/h3-5,9-10H,6-8,15H2,1-2H3. The quantitative estimate of drug-likeness (QED) is 0.759. The first-order valence-corrected chi connectivity index (χ1v) is 6.28. The number of rotatable bonds is 1. The molecule has 0 aromatic heterocycles. The molecule has 0 radical (unpaired) electrons. The zero-order valence-electron chi connectivity index (χ0n) is 9.91. The first-order chi connectivity index (χ1) is 7.59. The van der Waals surface area contributed by atoms with Crippen LogP contribution in [0.2, 0.25) is 5.02 Å². The minimum absolute atomic E-state index is 0.546. The molecule has 1 aliphatic heterocycles. The van der Waals surface area contributed by atoms with E-state index < -0.39 is 0 Å². The molecule has 3 heteroatoms. The van der Waals surface area contributed by atoms with E-state index in [1.165, 1.54) is 12.8 Å². The summed E-state index contributed by atoms with van der Waals surface area (Å²) in [4.78, 5) is 2.38. The second-order valence-corrected chi connectivity index (χ2v) is 5.25. The van der Waals surface area contributed by atoms with Crippen LogP contribution < -0.4 is 10.6 Å². The molecule has 1 aromatic rings. The lowest BCUT2D eigenvalue weighted by Gasteiger charge is -2.39. The fourth-order valence-electron chi connectivity index (χ4n) is 2.54. The van der Waals surface area contributed by atoms with Gasteiger partial charge in [0.05, 0.1) is 16.4 Å². The van der Waals surface area contributed by atoms with Gasteiger partial charge in [-0.25, -0.2) is 0 Å².